The van der Waals surface area contributed by atoms with Crippen LogP contribution in [0.5, 0.6) is 0 Å². The van der Waals surface area contributed by atoms with Crippen molar-refractivity contribution in [1.29, 1.82) is 0 Å². The van der Waals surface area contributed by atoms with Gasteiger partial charge in [-0.3, -0.25) is 19.4 Å². The van der Waals surface area contributed by atoms with E-state index in [-0.39, 0.29) is 31.6 Å². The maximum atomic E-state index is 11.8. The number of hydrogen-bond acceptors (Lipinski definition) is 19. The first-order valence-electron chi connectivity index (χ1n) is 28.1. The highest BCUT2D eigenvalue weighted by Crippen LogP contribution is 2.16. The summed E-state index contributed by atoms with van der Waals surface area (Å²) in [4.78, 5) is 39.8. The van der Waals surface area contributed by atoms with Crippen molar-refractivity contribution in [3.63, 3.8) is 0 Å². The summed E-state index contributed by atoms with van der Waals surface area (Å²) in [6, 6.07) is 1.03. The van der Waals surface area contributed by atoms with Crippen LogP contribution in [0.4, 0.5) is 0 Å². The lowest BCUT2D eigenvalue weighted by Crippen LogP contribution is -2.50. The fraction of sp³-hybridized carbons (Fsp3) is 0.962. The van der Waals surface area contributed by atoms with Gasteiger partial charge >= 0.3 is 0 Å². The second kappa shape index (κ2) is 43.3. The van der Waals surface area contributed by atoms with Crippen LogP contribution in [0.3, 0.4) is 0 Å². The summed E-state index contributed by atoms with van der Waals surface area (Å²) in [5.74, 6) is 1.86. The Bertz CT molecular complexity index is 1260. The molecule has 73 heavy (non-hydrogen) atoms. The molecular formula is C52H115N15O6. The molecule has 12 N–H and O–H groups in total. The minimum Gasteiger partial charge on any atom is -0.395 e. The molecule has 21 heteroatoms. The number of β-amino-alcohol motifs (C(OH)–C–C–N with tert-alkyl or cyclic N) is 1. The van der Waals surface area contributed by atoms with Crippen LogP contribution < -0.4 is 37.6 Å². The van der Waals surface area contributed by atoms with Crippen LogP contribution in [0.2, 0.25) is 0 Å². The van der Waals surface area contributed by atoms with Gasteiger partial charge in [-0.15, -0.1) is 0 Å². The number of piperazine rings is 5. The molecule has 8 fully saturated rings. The molecule has 4 atom stereocenters. The zero-order valence-corrected chi connectivity index (χ0v) is 48.1. The molecular weight excluding hydrogens is 931 g/mol. The van der Waals surface area contributed by atoms with Gasteiger partial charge in [-0.2, -0.15) is 0 Å². The summed E-state index contributed by atoms with van der Waals surface area (Å²) in [5, 5.41) is 54.2. The smallest absolute Gasteiger partial charge is 0.242 e. The Balaban J connectivity index is 0.000000422. The largest absolute Gasteiger partial charge is 0.395 e. The number of likely N-dealkylation sites (tertiary alicyclic amines) is 2. The summed E-state index contributed by atoms with van der Waals surface area (Å²) in [6.07, 6.45) is 6.68. The van der Waals surface area contributed by atoms with E-state index < -0.39 is 12.1 Å². The van der Waals surface area contributed by atoms with Gasteiger partial charge in [0.1, 0.15) is 6.04 Å². The van der Waals surface area contributed by atoms with Gasteiger partial charge in [0, 0.05) is 142 Å². The Morgan fingerprint density at radius 1 is 0.603 bits per heavy atom. The predicted octanol–water partition coefficient (Wildman–Crippen LogP) is -3.18. The summed E-state index contributed by atoms with van der Waals surface area (Å²) in [6.45, 7) is 31.6. The number of nitrogens with two attached hydrogens (primary N) is 1. The minimum absolute atomic E-state index is 0.0295. The number of likely N-dealkylation sites (N-methyl/N-ethyl adjacent to an activating group) is 6. The van der Waals surface area contributed by atoms with E-state index in [4.69, 9.17) is 21.1 Å². The van der Waals surface area contributed by atoms with Crippen LogP contribution in [0, 0.1) is 11.8 Å². The molecule has 2 amide bonds. The first-order valence-corrected chi connectivity index (χ1v) is 28.1. The van der Waals surface area contributed by atoms with E-state index in [2.05, 4.69) is 117 Å². The molecule has 0 spiro atoms. The second-order valence-corrected chi connectivity index (χ2v) is 21.9. The van der Waals surface area contributed by atoms with Crippen molar-refractivity contribution in [2.24, 2.45) is 17.6 Å². The zero-order chi connectivity index (χ0) is 54.4. The average Bonchev–Trinajstić information content (AvgIpc) is 3.38. The van der Waals surface area contributed by atoms with E-state index in [1.165, 1.54) is 78.0 Å². The van der Waals surface area contributed by atoms with Gasteiger partial charge < -0.3 is 87.5 Å². The van der Waals surface area contributed by atoms with Gasteiger partial charge in [0.05, 0.1) is 32.5 Å². The third-order valence-electron chi connectivity index (χ3n) is 14.4. The van der Waals surface area contributed by atoms with Crippen LogP contribution in [-0.4, -0.2) is 328 Å². The van der Waals surface area contributed by atoms with Gasteiger partial charge in [0.2, 0.25) is 11.8 Å². The van der Waals surface area contributed by atoms with E-state index in [9.17, 15) is 14.7 Å². The Morgan fingerprint density at radius 2 is 1.11 bits per heavy atom. The molecule has 8 heterocycles. The fourth-order valence-electron chi connectivity index (χ4n) is 8.91. The number of aliphatic hydroxyl groups is 4. The van der Waals surface area contributed by atoms with Crippen LogP contribution >= 0.6 is 0 Å². The number of hydrogen-bond donors (Lipinski definition) is 11. The van der Waals surface area contributed by atoms with Crippen molar-refractivity contribution in [3.05, 3.63) is 0 Å². The first-order chi connectivity index (χ1) is 34.9. The van der Waals surface area contributed by atoms with E-state index in [0.717, 1.165) is 116 Å². The summed E-state index contributed by atoms with van der Waals surface area (Å²) < 4.78 is 0. The number of nitrogens with zero attached hydrogens (tertiary/aromatic N) is 8. The standard InChI is InChI=1S/C10H20N2O2.C8H18N2O2.C6H14N2O.2C6H14N2.C6H13N.C5H10N2O.C5H12N2/c1-8-3-5-12(6-4-8)10(14)9(7-13)11-2;1-9-2-4-10(5-3-9)6-8(12)7-11;1-8-3-2-7-6(4-8)5-9;1-6-5-8(2)4-3-7-6;1-8-4-2-6(7)3-5-8;1-6-2-4-7-5-3-6;1-7-3-2-6-5(8)4-7;1-7-4-2-6-3-5-7/h8-9,11,13H,3-7H2,1-2H3;8,11-12H,2-7H2,1H3;6-7,9H,2-5H2,1H3;6-7H,3-5H2,1-2H3;6H,2-5,7H2,1H3;6-7H,2-5H2,1H3;2-4H2,1H3,(H,6,8);6H,2-5H2,1H3/t9-;8-;2*6-;;;;/m0110..../s1. The maximum absolute atomic E-state index is 11.8. The molecule has 434 valence electrons. The number of aliphatic hydroxyl groups excluding tert-OH is 4. The molecule has 8 aliphatic rings. The molecule has 0 aromatic rings. The molecule has 8 saturated heterocycles. The summed E-state index contributed by atoms with van der Waals surface area (Å²) in [5.41, 5.74) is 5.67. The highest BCUT2D eigenvalue weighted by Gasteiger charge is 2.25. The molecule has 0 aliphatic carbocycles. The van der Waals surface area contributed by atoms with Crippen molar-refractivity contribution in [3.8, 4) is 0 Å². The van der Waals surface area contributed by atoms with Gasteiger partial charge in [0.25, 0.3) is 0 Å². The highest BCUT2D eigenvalue weighted by molar-refractivity contribution is 5.82. The topological polar surface area (TPSA) is 239 Å². The van der Waals surface area contributed by atoms with Gasteiger partial charge in [-0.25, -0.2) is 0 Å². The number of carbonyl (C=O) groups is 2. The zero-order valence-electron chi connectivity index (χ0n) is 48.1. The number of carbonyl (C=O) groups excluding carboxylic acids is 2. The van der Waals surface area contributed by atoms with Gasteiger partial charge in [0.15, 0.2) is 0 Å². The van der Waals surface area contributed by atoms with Gasteiger partial charge in [-0.1, -0.05) is 13.8 Å². The number of piperidine rings is 3. The van der Waals surface area contributed by atoms with Crippen LogP contribution in [0.1, 0.15) is 59.3 Å². The van der Waals surface area contributed by atoms with Crippen molar-refractivity contribution < 1.29 is 30.0 Å². The highest BCUT2D eigenvalue weighted by atomic mass is 16.3. The summed E-state index contributed by atoms with van der Waals surface area (Å²) in [7, 11) is 14.3. The number of rotatable bonds is 7. The summed E-state index contributed by atoms with van der Waals surface area (Å²) >= 11 is 0. The Hall–Kier alpha value is -1.74. The molecule has 0 aromatic heterocycles. The van der Waals surface area contributed by atoms with Crippen LogP contribution in [-0.2, 0) is 9.59 Å². The van der Waals surface area contributed by atoms with Crippen molar-refractivity contribution in [2.45, 2.75) is 89.6 Å². The average molecular weight is 1050 g/mol. The van der Waals surface area contributed by atoms with Crippen molar-refractivity contribution >= 4 is 11.8 Å². The number of amides is 2. The van der Waals surface area contributed by atoms with E-state index in [1.807, 2.05) is 16.8 Å². The fourth-order valence-corrected chi connectivity index (χ4v) is 8.91. The van der Waals surface area contributed by atoms with Crippen molar-refractivity contribution in [2.75, 3.05) is 226 Å². The van der Waals surface area contributed by atoms with Crippen LogP contribution in [0.15, 0.2) is 0 Å². The first kappa shape index (κ1) is 69.3. The SMILES string of the molecule is CC1CCNCC1.CN1CCC(N)CC1.CN1CCN(C[C@@H](O)CO)CC1.CN1CCNC(=O)C1.CN1CCNCC1.CN1CCN[C@@H](CO)C1.CN[C@@H](CO)C(=O)N1CCC(C)CC1.C[C@H]1CN(C)CCN1. The van der Waals surface area contributed by atoms with Gasteiger partial charge in [-0.05, 0) is 133 Å². The lowest BCUT2D eigenvalue weighted by Gasteiger charge is -2.33. The molecule has 21 nitrogen and oxygen atoms in total. The van der Waals surface area contributed by atoms with E-state index >= 15 is 0 Å². The van der Waals surface area contributed by atoms with Crippen LogP contribution in [0.25, 0.3) is 0 Å². The Kier molecular flexibility index (Phi) is 41.1. The Labute approximate surface area is 445 Å². The molecule has 0 aromatic carbocycles. The molecule has 0 unspecified atom stereocenters. The minimum atomic E-state index is -0.576. The molecule has 8 aliphatic heterocycles. The third-order valence-corrected chi connectivity index (χ3v) is 14.4. The molecule has 0 radical (unpaired) electrons. The van der Waals surface area contributed by atoms with E-state index in [1.54, 1.807) is 7.05 Å². The van der Waals surface area contributed by atoms with Crippen molar-refractivity contribution in [1.82, 2.24) is 71.1 Å². The molecule has 0 saturated carbocycles. The second-order valence-electron chi connectivity index (χ2n) is 21.9. The quantitative estimate of drug-likeness (QED) is 0.121. The Morgan fingerprint density at radius 3 is 1.49 bits per heavy atom. The number of nitrogens with one attached hydrogen (secondary N) is 6. The third kappa shape index (κ3) is 36.8. The molecule has 8 rings (SSSR count). The van der Waals surface area contributed by atoms with E-state index in [0.29, 0.717) is 31.2 Å². The predicted molar refractivity (Wildman–Crippen MR) is 300 cm³/mol. The molecule has 0 bridgehead atoms. The maximum Gasteiger partial charge on any atom is 0.242 e. The monoisotopic (exact) mass is 1050 g/mol. The lowest BCUT2D eigenvalue weighted by atomic mass is 9.99. The lowest BCUT2D eigenvalue weighted by molar-refractivity contribution is -0.135. The normalized spacial score (nSPS) is 25.6.